The second kappa shape index (κ2) is 9.24. The van der Waals surface area contributed by atoms with Crippen LogP contribution in [-0.2, 0) is 6.61 Å². The molecule has 2 aromatic rings. The summed E-state index contributed by atoms with van der Waals surface area (Å²) in [5.74, 6) is -0.568. The fourth-order valence-electron chi connectivity index (χ4n) is 2.49. The quantitative estimate of drug-likeness (QED) is 0.661. The van der Waals surface area contributed by atoms with Gasteiger partial charge in [-0.3, -0.25) is 4.79 Å². The Morgan fingerprint density at radius 1 is 1.15 bits per heavy atom. The molecule has 0 aromatic heterocycles. The Hall–Kier alpha value is -1.78. The minimum atomic E-state index is -0.765. The molecule has 0 radical (unpaired) electrons. The molecule has 0 bridgehead atoms. The van der Waals surface area contributed by atoms with Gasteiger partial charge in [-0.2, -0.15) is 0 Å². The summed E-state index contributed by atoms with van der Waals surface area (Å²) in [6, 6.07) is 7.74. The number of nitrogens with two attached hydrogens (primary N) is 1. The summed E-state index contributed by atoms with van der Waals surface area (Å²) < 4.78 is 19.7. The van der Waals surface area contributed by atoms with Crippen LogP contribution in [0.25, 0.3) is 0 Å². The van der Waals surface area contributed by atoms with Gasteiger partial charge in [0.25, 0.3) is 5.91 Å². The van der Waals surface area contributed by atoms with Crippen LogP contribution in [0.2, 0.25) is 10.0 Å². The highest BCUT2D eigenvalue weighted by molar-refractivity contribution is 6.34. The van der Waals surface area contributed by atoms with Gasteiger partial charge in [0, 0.05) is 10.0 Å². The molecule has 140 valence electrons. The highest BCUT2D eigenvalue weighted by Crippen LogP contribution is 2.42. The van der Waals surface area contributed by atoms with E-state index in [0.29, 0.717) is 27.3 Å². The third-order valence-electron chi connectivity index (χ3n) is 3.74. The molecule has 1 fully saturated rings. The molecule has 1 aliphatic rings. The van der Waals surface area contributed by atoms with E-state index in [4.69, 9.17) is 33.7 Å². The van der Waals surface area contributed by atoms with Crippen LogP contribution in [0, 0.1) is 5.82 Å². The lowest BCUT2D eigenvalue weighted by Gasteiger charge is -2.13. The first-order chi connectivity index (χ1) is 12.3. The Morgan fingerprint density at radius 2 is 1.73 bits per heavy atom. The lowest BCUT2D eigenvalue weighted by Crippen LogP contribution is -2.15. The molecule has 0 heterocycles. The summed E-state index contributed by atoms with van der Waals surface area (Å²) in [5, 5.41) is 0.926. The van der Waals surface area contributed by atoms with Crippen LogP contribution in [0.1, 0.15) is 60.5 Å². The molecule has 0 atom stereocenters. The van der Waals surface area contributed by atoms with Crippen molar-refractivity contribution in [1.29, 1.82) is 0 Å². The number of halogens is 3. The van der Waals surface area contributed by atoms with Gasteiger partial charge in [0.2, 0.25) is 0 Å². The van der Waals surface area contributed by atoms with E-state index in [-0.39, 0.29) is 12.2 Å². The van der Waals surface area contributed by atoms with Crippen molar-refractivity contribution < 1.29 is 13.9 Å². The van der Waals surface area contributed by atoms with E-state index in [1.807, 2.05) is 0 Å². The predicted octanol–water partition coefficient (Wildman–Crippen LogP) is 6.10. The van der Waals surface area contributed by atoms with Crippen LogP contribution >= 0.6 is 23.2 Å². The molecule has 2 N–H and O–H groups in total. The third-order valence-corrected chi connectivity index (χ3v) is 4.18. The lowest BCUT2D eigenvalue weighted by atomic mass is 9.99. The Balaban J connectivity index is 0.000000758. The maximum atomic E-state index is 14.0. The van der Waals surface area contributed by atoms with E-state index in [1.54, 1.807) is 24.3 Å². The summed E-state index contributed by atoms with van der Waals surface area (Å²) in [5.41, 5.74) is 6.74. The first kappa shape index (κ1) is 20.5. The van der Waals surface area contributed by atoms with E-state index >= 15 is 0 Å². The number of ether oxygens (including phenoxy) is 1. The largest absolute Gasteiger partial charge is 0.489 e. The van der Waals surface area contributed by atoms with Gasteiger partial charge in [0.1, 0.15) is 18.2 Å². The van der Waals surface area contributed by atoms with Crippen LogP contribution in [0.3, 0.4) is 0 Å². The van der Waals surface area contributed by atoms with Crippen molar-refractivity contribution >= 4 is 29.1 Å². The Morgan fingerprint density at radius 3 is 2.23 bits per heavy atom. The van der Waals surface area contributed by atoms with Crippen LogP contribution in [0.15, 0.2) is 30.3 Å². The number of benzene rings is 2. The molecule has 1 aliphatic carbocycles. The van der Waals surface area contributed by atoms with Crippen LogP contribution < -0.4 is 10.5 Å². The smallest absolute Gasteiger partial charge is 0.251 e. The highest BCUT2D eigenvalue weighted by atomic mass is 35.5. The molecule has 0 aliphatic heterocycles. The third kappa shape index (κ3) is 5.61. The number of primary amides is 1. The molecule has 1 saturated carbocycles. The topological polar surface area (TPSA) is 52.3 Å². The molecular formula is C20H22Cl2FNO2. The van der Waals surface area contributed by atoms with E-state index in [1.165, 1.54) is 12.5 Å². The second-order valence-corrected chi connectivity index (χ2v) is 7.14. The molecule has 0 unspecified atom stereocenters. The molecule has 3 rings (SSSR count). The van der Waals surface area contributed by atoms with Crippen molar-refractivity contribution in [1.82, 2.24) is 0 Å². The molecule has 3 nitrogen and oxygen atoms in total. The molecule has 2 aromatic carbocycles. The monoisotopic (exact) mass is 397 g/mol. The van der Waals surface area contributed by atoms with Crippen molar-refractivity contribution in [2.75, 3.05) is 0 Å². The van der Waals surface area contributed by atoms with Crippen LogP contribution in [-0.4, -0.2) is 5.91 Å². The minimum Gasteiger partial charge on any atom is -0.489 e. The zero-order valence-electron chi connectivity index (χ0n) is 14.8. The van der Waals surface area contributed by atoms with Gasteiger partial charge in [0.15, 0.2) is 0 Å². The summed E-state index contributed by atoms with van der Waals surface area (Å²) >= 11 is 11.9. The maximum Gasteiger partial charge on any atom is 0.251 e. The van der Waals surface area contributed by atoms with Crippen molar-refractivity contribution in [3.63, 3.8) is 0 Å². The van der Waals surface area contributed by atoms with E-state index < -0.39 is 11.7 Å². The zero-order chi connectivity index (χ0) is 19.3. The van der Waals surface area contributed by atoms with Gasteiger partial charge >= 0.3 is 0 Å². The number of carbonyl (C=O) groups is 1. The SMILES string of the molecule is CCC.NC(=O)c1cc(C2CC2)c(COc2cc(Cl)cc(Cl)c2)cc1F. The summed E-state index contributed by atoms with van der Waals surface area (Å²) in [4.78, 5) is 11.3. The second-order valence-electron chi connectivity index (χ2n) is 6.27. The molecule has 6 heteroatoms. The van der Waals surface area contributed by atoms with Crippen molar-refractivity contribution in [2.24, 2.45) is 5.73 Å². The summed E-state index contributed by atoms with van der Waals surface area (Å²) in [7, 11) is 0. The number of carbonyl (C=O) groups excluding carboxylic acids is 1. The van der Waals surface area contributed by atoms with E-state index in [2.05, 4.69) is 13.8 Å². The predicted molar refractivity (Wildman–Crippen MR) is 104 cm³/mol. The van der Waals surface area contributed by atoms with Gasteiger partial charge in [-0.1, -0.05) is 43.5 Å². The average Bonchev–Trinajstić information content (AvgIpc) is 3.37. The molecule has 1 amide bonds. The fourth-order valence-corrected chi connectivity index (χ4v) is 3.00. The minimum absolute atomic E-state index is 0.0820. The molecule has 0 spiro atoms. The highest BCUT2D eigenvalue weighted by Gasteiger charge is 2.28. The van der Waals surface area contributed by atoms with Gasteiger partial charge in [0.05, 0.1) is 5.56 Å². The normalized spacial score (nSPS) is 13.0. The first-order valence-electron chi connectivity index (χ1n) is 8.56. The first-order valence-corrected chi connectivity index (χ1v) is 9.32. The van der Waals surface area contributed by atoms with Gasteiger partial charge < -0.3 is 10.5 Å². The number of hydrogen-bond donors (Lipinski definition) is 1. The summed E-state index contributed by atoms with van der Waals surface area (Å²) in [6.45, 7) is 4.42. The standard InChI is InChI=1S/C17H14Cl2FNO2.C3H8/c18-11-4-12(19)6-13(5-11)23-8-10-3-16(20)15(17(21)22)7-14(10)9-1-2-9;1-3-2/h3-7,9H,1-2,8H2,(H2,21,22);3H2,1-2H3. The van der Waals surface area contributed by atoms with Crippen molar-refractivity contribution in [3.8, 4) is 5.75 Å². The van der Waals surface area contributed by atoms with Gasteiger partial charge in [-0.25, -0.2) is 4.39 Å². The Labute approximate surface area is 163 Å². The van der Waals surface area contributed by atoms with Crippen LogP contribution in [0.4, 0.5) is 4.39 Å². The maximum absolute atomic E-state index is 14.0. The Kier molecular flexibility index (Phi) is 7.30. The molecule has 26 heavy (non-hydrogen) atoms. The van der Waals surface area contributed by atoms with E-state index in [0.717, 1.165) is 18.4 Å². The fraction of sp³-hybridized carbons (Fsp3) is 0.350. The lowest BCUT2D eigenvalue weighted by molar-refractivity contribution is 0.0996. The van der Waals surface area contributed by atoms with E-state index in [9.17, 15) is 9.18 Å². The van der Waals surface area contributed by atoms with Crippen molar-refractivity contribution in [3.05, 3.63) is 62.9 Å². The van der Waals surface area contributed by atoms with Gasteiger partial charge in [-0.05, 0) is 60.2 Å². The zero-order valence-corrected chi connectivity index (χ0v) is 16.3. The number of hydrogen-bond acceptors (Lipinski definition) is 2. The number of rotatable bonds is 5. The molecule has 0 saturated heterocycles. The van der Waals surface area contributed by atoms with Crippen molar-refractivity contribution in [2.45, 2.75) is 45.6 Å². The van der Waals surface area contributed by atoms with Crippen LogP contribution in [0.5, 0.6) is 5.75 Å². The average molecular weight is 398 g/mol. The van der Waals surface area contributed by atoms with Gasteiger partial charge in [-0.15, -0.1) is 0 Å². The Bertz CT molecular complexity index is 771. The summed E-state index contributed by atoms with van der Waals surface area (Å²) in [6.07, 6.45) is 3.28. The number of amides is 1. The molecular weight excluding hydrogens is 376 g/mol.